The molecule has 0 saturated carbocycles. The van der Waals surface area contributed by atoms with E-state index < -0.39 is 20.1 Å². The number of unbranched alkanes of at least 4 members (excludes halogenated alkanes) is 4. The molecule has 2 nitrogen and oxygen atoms in total. The standard InChI is InChI=1S/C8H16O2.3C6H5.Cr/c1-2-3-4-5-6-7-8(9)10;3*1-2-4-6-5-3-1;/h2-7H2,1H3,(H,9,10);3*1-5H;/q;;;;+1/p-1. The van der Waals surface area contributed by atoms with Crippen LogP contribution in [-0.4, -0.2) is 5.97 Å². The van der Waals surface area contributed by atoms with Crippen LogP contribution >= 0.6 is 0 Å². The van der Waals surface area contributed by atoms with Gasteiger partial charge >= 0.3 is 118 Å². The van der Waals surface area contributed by atoms with E-state index in [1.165, 1.54) is 26.1 Å². The number of carboxylic acid groups (broad SMARTS) is 1. The van der Waals surface area contributed by atoms with Gasteiger partial charge in [0, 0.05) is 5.97 Å². The predicted octanol–water partition coefficient (Wildman–Crippen LogP) is 3.68. The Kier molecular flexibility index (Phi) is 10.9. The van der Waals surface area contributed by atoms with Crippen LogP contribution in [0.15, 0.2) is 91.0 Å². The molecule has 29 heavy (non-hydrogen) atoms. The van der Waals surface area contributed by atoms with Crippen LogP contribution in [0.1, 0.15) is 45.4 Å². The average Bonchev–Trinajstić information content (AvgIpc) is 2.76. The first-order valence-corrected chi connectivity index (χ1v) is 12.2. The van der Waals surface area contributed by atoms with Crippen LogP contribution in [0.5, 0.6) is 0 Å². The molecule has 3 heteroatoms. The summed E-state index contributed by atoms with van der Waals surface area (Å²) in [6, 6.07) is 32.6. The van der Waals surface area contributed by atoms with E-state index in [0.29, 0.717) is 0 Å². The van der Waals surface area contributed by atoms with Gasteiger partial charge in [-0.2, -0.15) is 0 Å². The molecule has 3 rings (SSSR count). The number of benzene rings is 3. The maximum atomic E-state index is 9.92. The average molecular weight is 427 g/mol. The molecule has 3 aromatic carbocycles. The number of carbonyl (C=O) groups is 1. The third-order valence-corrected chi connectivity index (χ3v) is 7.90. The molecule has 0 aliphatic heterocycles. The first-order chi connectivity index (χ1) is 14.2. The Morgan fingerprint density at radius 2 is 1.03 bits per heavy atom. The molecule has 0 saturated heterocycles. The van der Waals surface area contributed by atoms with Gasteiger partial charge in [-0.05, 0) is 12.8 Å². The Morgan fingerprint density at radius 1 is 0.655 bits per heavy atom. The number of aliphatic carboxylic acids is 1. The van der Waals surface area contributed by atoms with E-state index in [-0.39, 0.29) is 6.42 Å². The summed E-state index contributed by atoms with van der Waals surface area (Å²) in [7, 11) is 0. The Balaban J connectivity index is 0.000000257. The van der Waals surface area contributed by atoms with Gasteiger partial charge in [-0.15, -0.1) is 0 Å². The van der Waals surface area contributed by atoms with Crippen molar-refractivity contribution in [3.63, 3.8) is 0 Å². The molecule has 0 radical (unpaired) electrons. The summed E-state index contributed by atoms with van der Waals surface area (Å²) in [4.78, 5) is 9.92. The van der Waals surface area contributed by atoms with Gasteiger partial charge in [0.1, 0.15) is 0 Å². The topological polar surface area (TPSA) is 40.1 Å². The fraction of sp³-hybridized carbons (Fsp3) is 0.269. The third kappa shape index (κ3) is 8.69. The van der Waals surface area contributed by atoms with E-state index in [0.717, 1.165) is 19.3 Å². The van der Waals surface area contributed by atoms with E-state index in [1.54, 1.807) is 0 Å². The Morgan fingerprint density at radius 3 is 1.38 bits per heavy atom. The van der Waals surface area contributed by atoms with Crippen molar-refractivity contribution in [1.29, 1.82) is 0 Å². The SMILES string of the molecule is CCCCCCCC(=O)[O-].c1cc[c]([Cr+]([c]2ccccc2)[c]2ccccc2)cc1. The van der Waals surface area contributed by atoms with Gasteiger partial charge in [0.2, 0.25) is 0 Å². The van der Waals surface area contributed by atoms with E-state index in [9.17, 15) is 9.90 Å². The molecule has 0 amide bonds. The molecule has 0 atom stereocenters. The zero-order valence-corrected chi connectivity index (χ0v) is 18.4. The summed E-state index contributed by atoms with van der Waals surface area (Å²) in [6.45, 7) is 2.14. The Bertz CT molecular complexity index is 710. The van der Waals surface area contributed by atoms with Crippen molar-refractivity contribution in [3.05, 3.63) is 91.0 Å². The molecule has 0 bridgehead atoms. The molecule has 3 aromatic rings. The van der Waals surface area contributed by atoms with Crippen molar-refractivity contribution in [2.75, 3.05) is 0 Å². The minimum absolute atomic E-state index is 0.226. The van der Waals surface area contributed by atoms with Crippen LogP contribution in [0.3, 0.4) is 0 Å². The second-order valence-corrected chi connectivity index (χ2v) is 9.95. The quantitative estimate of drug-likeness (QED) is 0.490. The molecule has 0 aromatic heterocycles. The van der Waals surface area contributed by atoms with Crippen molar-refractivity contribution >= 4 is 19.2 Å². The normalized spacial score (nSPS) is 10.3. The van der Waals surface area contributed by atoms with Gasteiger partial charge < -0.3 is 9.90 Å². The summed E-state index contributed by atoms with van der Waals surface area (Å²) in [6.07, 6.45) is 5.61. The first kappa shape index (κ1) is 22.9. The fourth-order valence-corrected chi connectivity index (χ4v) is 6.24. The molecule has 0 aliphatic carbocycles. The monoisotopic (exact) mass is 426 g/mol. The molecule has 0 unspecified atom stereocenters. The van der Waals surface area contributed by atoms with Crippen LogP contribution < -0.4 is 18.4 Å². The third-order valence-electron chi connectivity index (χ3n) is 4.42. The molecule has 0 N–H and O–H groups in total. The van der Waals surface area contributed by atoms with Gasteiger partial charge in [0.05, 0.1) is 0 Å². The van der Waals surface area contributed by atoms with Crippen LogP contribution in [0, 0.1) is 0 Å². The van der Waals surface area contributed by atoms with Crippen molar-refractivity contribution in [1.82, 2.24) is 0 Å². The van der Waals surface area contributed by atoms with Crippen molar-refractivity contribution < 1.29 is 24.0 Å². The zero-order chi connectivity index (χ0) is 20.7. The number of hydrogen-bond acceptors (Lipinski definition) is 2. The molecule has 0 fully saturated rings. The number of rotatable bonds is 9. The molecule has 0 aliphatic rings. The summed E-state index contributed by atoms with van der Waals surface area (Å²) in [5, 5.41) is 9.92. The van der Waals surface area contributed by atoms with Gasteiger partial charge in [0.25, 0.3) is 0 Å². The van der Waals surface area contributed by atoms with Gasteiger partial charge in [0.15, 0.2) is 0 Å². The zero-order valence-electron chi connectivity index (χ0n) is 17.1. The van der Waals surface area contributed by atoms with Gasteiger partial charge in [-0.25, -0.2) is 0 Å². The van der Waals surface area contributed by atoms with Crippen molar-refractivity contribution in [2.45, 2.75) is 45.4 Å². The van der Waals surface area contributed by atoms with E-state index in [2.05, 4.69) is 97.9 Å². The summed E-state index contributed by atoms with van der Waals surface area (Å²) in [5.41, 5.74) is 0. The van der Waals surface area contributed by atoms with E-state index in [4.69, 9.17) is 0 Å². The Hall–Kier alpha value is -2.34. The minimum atomic E-state index is -1.15. The second kappa shape index (κ2) is 13.8. The second-order valence-electron chi connectivity index (χ2n) is 6.78. The van der Waals surface area contributed by atoms with Crippen LogP contribution in [0.4, 0.5) is 0 Å². The molecular weight excluding hydrogens is 396 g/mol. The molecule has 0 heterocycles. The first-order valence-electron chi connectivity index (χ1n) is 10.3. The predicted molar refractivity (Wildman–Crippen MR) is 117 cm³/mol. The number of carbonyl (C=O) groups excluding carboxylic acids is 1. The molecule has 152 valence electrons. The summed E-state index contributed by atoms with van der Waals surface area (Å²) >= 11 is -1.15. The van der Waals surface area contributed by atoms with Crippen molar-refractivity contribution in [2.24, 2.45) is 0 Å². The summed E-state index contributed by atoms with van der Waals surface area (Å²) in [5.74, 6) is -0.920. The van der Waals surface area contributed by atoms with Crippen LogP contribution in [0.2, 0.25) is 0 Å². The van der Waals surface area contributed by atoms with Crippen molar-refractivity contribution in [3.8, 4) is 0 Å². The number of carboxylic acids is 1. The molecule has 0 spiro atoms. The fourth-order valence-electron chi connectivity index (χ4n) is 2.95. The Labute approximate surface area is 179 Å². The number of hydrogen-bond donors (Lipinski definition) is 0. The van der Waals surface area contributed by atoms with Crippen LogP contribution in [0.25, 0.3) is 0 Å². The van der Waals surface area contributed by atoms with Crippen LogP contribution in [-0.2, 0) is 18.9 Å². The van der Waals surface area contributed by atoms with E-state index >= 15 is 0 Å². The van der Waals surface area contributed by atoms with Gasteiger partial charge in [-0.3, -0.25) is 0 Å². The molecular formula is C26H30CrO2. The van der Waals surface area contributed by atoms with Gasteiger partial charge in [-0.1, -0.05) is 32.6 Å². The summed E-state index contributed by atoms with van der Waals surface area (Å²) < 4.78 is 4.37. The maximum absolute atomic E-state index is 9.92. The van der Waals surface area contributed by atoms with E-state index in [1.807, 2.05) is 0 Å².